The number of rotatable bonds is 9. The number of ether oxygens (including phenoxy) is 1. The average Bonchev–Trinajstić information content (AvgIpc) is 3.58. The molecule has 1 radical (unpaired) electrons. The number of fused-ring (bicyclic) bond motifs is 3. The number of nitrogens with zero attached hydrogens (tertiary/aromatic N) is 3. The van der Waals surface area contributed by atoms with Gasteiger partial charge in [-0.3, -0.25) is 4.98 Å². The van der Waals surface area contributed by atoms with Crippen molar-refractivity contribution < 1.29 is 24.8 Å². The van der Waals surface area contributed by atoms with Gasteiger partial charge >= 0.3 is 0 Å². The Morgan fingerprint density at radius 3 is 2.34 bits per heavy atom. The molecule has 0 aliphatic carbocycles. The van der Waals surface area contributed by atoms with Gasteiger partial charge in [0.1, 0.15) is 5.75 Å². The van der Waals surface area contributed by atoms with Crippen LogP contribution in [0.3, 0.4) is 0 Å². The van der Waals surface area contributed by atoms with E-state index in [1.54, 1.807) is 0 Å². The first-order valence-corrected chi connectivity index (χ1v) is 14.4. The van der Waals surface area contributed by atoms with Gasteiger partial charge in [0.25, 0.3) is 0 Å². The molecule has 6 rings (SSSR count). The summed E-state index contributed by atoms with van der Waals surface area (Å²) in [4.78, 5) is 4.80. The molecule has 0 spiro atoms. The fourth-order valence-electron chi connectivity index (χ4n) is 5.99. The van der Waals surface area contributed by atoms with Gasteiger partial charge in [0, 0.05) is 49.4 Å². The Balaban J connectivity index is 0.00000337. The van der Waals surface area contributed by atoms with Crippen LogP contribution in [0.5, 0.6) is 5.75 Å². The van der Waals surface area contributed by atoms with Gasteiger partial charge in [0.15, 0.2) is 0 Å². The topological polar surface area (TPSA) is 32.0 Å². The fraction of sp³-hybridized carbons (Fsp3) is 0.250. The van der Waals surface area contributed by atoms with E-state index in [0.29, 0.717) is 5.92 Å². The van der Waals surface area contributed by atoms with E-state index in [0.717, 1.165) is 47.1 Å². The van der Waals surface area contributed by atoms with Crippen LogP contribution in [0.4, 0.5) is 0 Å². The van der Waals surface area contributed by atoms with Gasteiger partial charge in [-0.25, -0.2) is 0 Å². The predicted molar refractivity (Wildman–Crippen MR) is 166 cm³/mol. The summed E-state index contributed by atoms with van der Waals surface area (Å²) < 4.78 is 10.8. The zero-order valence-electron chi connectivity index (χ0n) is 24.1. The molecule has 5 heteroatoms. The molecule has 2 aromatic heterocycles. The normalized spacial score (nSPS) is 12.0. The number of hydrogen-bond acceptors (Lipinski definition) is 2. The first-order chi connectivity index (χ1) is 19.6. The van der Waals surface area contributed by atoms with E-state index in [2.05, 4.69) is 122 Å². The molecule has 1 unspecified atom stereocenters. The fourth-order valence-corrected chi connectivity index (χ4v) is 5.99. The summed E-state index contributed by atoms with van der Waals surface area (Å²) >= 11 is 0. The van der Waals surface area contributed by atoms with Gasteiger partial charge in [-0.05, 0) is 78.5 Å². The molecule has 0 saturated carbocycles. The van der Waals surface area contributed by atoms with Gasteiger partial charge in [0.2, 0.25) is 0 Å². The summed E-state index contributed by atoms with van der Waals surface area (Å²) in [5.74, 6) is 2.42. The maximum Gasteiger partial charge on any atom is 0.119 e. The largest absolute Gasteiger partial charge is 0.493 e. The first-order valence-electron chi connectivity index (χ1n) is 14.4. The Morgan fingerprint density at radius 2 is 1.61 bits per heavy atom. The van der Waals surface area contributed by atoms with Gasteiger partial charge in [-0.2, -0.15) is 0 Å². The third-order valence-corrected chi connectivity index (χ3v) is 7.97. The molecule has 0 saturated heterocycles. The third-order valence-electron chi connectivity index (χ3n) is 7.97. The molecule has 41 heavy (non-hydrogen) atoms. The summed E-state index contributed by atoms with van der Waals surface area (Å²) in [6.45, 7) is 9.57. The molecule has 1 atom stereocenters. The van der Waals surface area contributed by atoms with E-state index in [4.69, 9.17) is 9.72 Å². The number of para-hydroxylation sites is 2. The van der Waals surface area contributed by atoms with Crippen LogP contribution in [0.15, 0.2) is 91.3 Å². The minimum Gasteiger partial charge on any atom is -0.493 e. The van der Waals surface area contributed by atoms with E-state index in [-0.39, 0.29) is 20.1 Å². The summed E-state index contributed by atoms with van der Waals surface area (Å²) in [5, 5.41) is 2.41. The maximum absolute atomic E-state index is 6.25. The Kier molecular flexibility index (Phi) is 8.77. The number of aryl methyl sites for hydroxylation is 2. The van der Waals surface area contributed by atoms with Crippen molar-refractivity contribution in [3.05, 3.63) is 108 Å². The quantitative estimate of drug-likeness (QED) is 0.140. The van der Waals surface area contributed by atoms with Crippen molar-refractivity contribution in [1.82, 2.24) is 14.1 Å². The van der Waals surface area contributed by atoms with Crippen LogP contribution in [0.25, 0.3) is 44.6 Å². The molecule has 0 amide bonds. The molecule has 2 heterocycles. The zero-order valence-corrected chi connectivity index (χ0v) is 26.5. The minimum absolute atomic E-state index is 0. The Morgan fingerprint density at radius 1 is 0.878 bits per heavy atom. The summed E-state index contributed by atoms with van der Waals surface area (Å²) in [7, 11) is 0. The average molecular weight is 719 g/mol. The van der Waals surface area contributed by atoms with Crippen LogP contribution in [0.1, 0.15) is 44.2 Å². The van der Waals surface area contributed by atoms with Crippen LogP contribution in [0.2, 0.25) is 0 Å². The van der Waals surface area contributed by atoms with Gasteiger partial charge in [-0.1, -0.05) is 68.5 Å². The Hall–Kier alpha value is -3.66. The molecule has 0 aliphatic rings. The number of benzene rings is 4. The van der Waals surface area contributed by atoms with Crippen LogP contribution >= 0.6 is 0 Å². The molecule has 0 aliphatic heterocycles. The Bertz CT molecular complexity index is 1760. The number of hydrogen-bond donors (Lipinski definition) is 0. The SMILES string of the molecule is CCCC(CC)COc1cc(C)c(-n2ccnc2-c2[c-]cc3c(c2)c2ccccc2n3-c2ccccc2)c(C)c1.[Ir]. The van der Waals surface area contributed by atoms with E-state index >= 15 is 0 Å². The first kappa shape index (κ1) is 28.9. The van der Waals surface area contributed by atoms with Crippen LogP contribution in [-0.2, 0) is 20.1 Å². The van der Waals surface area contributed by atoms with Crippen molar-refractivity contribution in [1.29, 1.82) is 0 Å². The van der Waals surface area contributed by atoms with Crippen LogP contribution in [-0.4, -0.2) is 20.7 Å². The minimum atomic E-state index is 0. The van der Waals surface area contributed by atoms with Gasteiger partial charge < -0.3 is 13.9 Å². The van der Waals surface area contributed by atoms with E-state index in [1.807, 2.05) is 12.4 Å². The van der Waals surface area contributed by atoms with Crippen molar-refractivity contribution in [3.63, 3.8) is 0 Å². The molecule has 4 aromatic carbocycles. The van der Waals surface area contributed by atoms with Gasteiger partial charge in [-0.15, -0.1) is 23.8 Å². The second kappa shape index (κ2) is 12.5. The predicted octanol–water partition coefficient (Wildman–Crippen LogP) is 9.26. The molecular weight excluding hydrogens is 683 g/mol. The maximum atomic E-state index is 6.25. The summed E-state index contributed by atoms with van der Waals surface area (Å²) in [6, 6.07) is 31.3. The van der Waals surface area contributed by atoms with Crippen LogP contribution < -0.4 is 4.74 Å². The molecular formula is C36H36IrN3O-. The van der Waals surface area contributed by atoms with E-state index in [1.165, 1.54) is 40.3 Å². The van der Waals surface area contributed by atoms with Crippen molar-refractivity contribution >= 4 is 21.8 Å². The standard InChI is InChI=1S/C36H36N3O.Ir/c1-5-12-27(6-2)24-40-30-21-25(3)35(26(4)22-30)38-20-19-37-36(38)28-17-18-34-32(23-28)31-15-10-11-16-33(31)39(34)29-13-8-7-9-14-29;/h7-11,13-16,18-23,27H,5-6,12,24H2,1-4H3;/q-1;. The monoisotopic (exact) mass is 719 g/mol. The summed E-state index contributed by atoms with van der Waals surface area (Å²) in [6.07, 6.45) is 7.46. The van der Waals surface area contributed by atoms with E-state index < -0.39 is 0 Å². The molecule has 0 bridgehead atoms. The van der Waals surface area contributed by atoms with Crippen LogP contribution in [0, 0.1) is 25.8 Å². The van der Waals surface area contributed by atoms with E-state index in [9.17, 15) is 0 Å². The molecule has 6 aromatic rings. The van der Waals surface area contributed by atoms with Crippen molar-refractivity contribution in [2.24, 2.45) is 5.92 Å². The third kappa shape index (κ3) is 5.49. The molecule has 0 fully saturated rings. The second-order valence-corrected chi connectivity index (χ2v) is 10.7. The smallest absolute Gasteiger partial charge is 0.119 e. The summed E-state index contributed by atoms with van der Waals surface area (Å²) in [5.41, 5.74) is 7.91. The molecule has 0 N–H and O–H groups in total. The van der Waals surface area contributed by atoms with Crippen molar-refractivity contribution in [3.8, 4) is 28.5 Å². The molecule has 211 valence electrons. The van der Waals surface area contributed by atoms with Gasteiger partial charge in [0.05, 0.1) is 12.4 Å². The molecule has 4 nitrogen and oxygen atoms in total. The number of aromatic nitrogens is 3. The van der Waals surface area contributed by atoms with Crippen molar-refractivity contribution in [2.75, 3.05) is 6.61 Å². The zero-order chi connectivity index (χ0) is 27.6. The Labute approximate surface area is 256 Å². The second-order valence-electron chi connectivity index (χ2n) is 10.7. The number of imidazole rings is 1. The van der Waals surface area contributed by atoms with Crippen molar-refractivity contribution in [2.45, 2.75) is 47.0 Å².